The average Bonchev–Trinajstić information content (AvgIpc) is 3.52. The lowest BCUT2D eigenvalue weighted by molar-refractivity contribution is -0.142. The summed E-state index contributed by atoms with van der Waals surface area (Å²) in [5.74, 6) is -0.773. The molecule has 3 heterocycles. The van der Waals surface area contributed by atoms with E-state index in [1.165, 1.54) is 30.4 Å². The monoisotopic (exact) mass is 564 g/mol. The van der Waals surface area contributed by atoms with Gasteiger partial charge in [0.15, 0.2) is 10.8 Å². The van der Waals surface area contributed by atoms with Crippen LogP contribution in [0.2, 0.25) is 5.02 Å². The summed E-state index contributed by atoms with van der Waals surface area (Å²) in [5, 5.41) is 6.26. The highest BCUT2D eigenvalue weighted by molar-refractivity contribution is 7.11. The third-order valence-corrected chi connectivity index (χ3v) is 6.96. The third-order valence-electron chi connectivity index (χ3n) is 5.86. The normalized spacial score (nSPS) is 21.5. The van der Waals surface area contributed by atoms with Gasteiger partial charge in [-0.25, -0.2) is 14.4 Å². The number of aliphatic imine (C=N–C) groups is 2. The number of fused-ring (bicyclic) bond motifs is 1. The molecule has 0 unspecified atom stereocenters. The van der Waals surface area contributed by atoms with Gasteiger partial charge in [0.1, 0.15) is 24.0 Å². The van der Waals surface area contributed by atoms with Crippen molar-refractivity contribution in [3.63, 3.8) is 0 Å². The molecule has 1 aromatic carbocycles. The van der Waals surface area contributed by atoms with Crippen LogP contribution in [-0.2, 0) is 9.53 Å². The van der Waals surface area contributed by atoms with E-state index in [0.29, 0.717) is 27.7 Å². The van der Waals surface area contributed by atoms with Crippen molar-refractivity contribution in [3.8, 4) is 0 Å². The second kappa shape index (κ2) is 11.3. The van der Waals surface area contributed by atoms with Gasteiger partial charge >= 0.3 is 12.5 Å². The summed E-state index contributed by atoms with van der Waals surface area (Å²) in [6.07, 6.45) is 3.62. The van der Waals surface area contributed by atoms with Gasteiger partial charge in [-0.2, -0.15) is 8.78 Å². The van der Waals surface area contributed by atoms with Crippen molar-refractivity contribution in [2.24, 2.45) is 20.8 Å². The van der Waals surface area contributed by atoms with Gasteiger partial charge in [0, 0.05) is 70.7 Å². The number of nitrogens with zero attached hydrogens (tertiary/aromatic N) is 7. The van der Waals surface area contributed by atoms with Crippen molar-refractivity contribution in [1.82, 2.24) is 9.88 Å². The van der Waals surface area contributed by atoms with Crippen LogP contribution in [0.3, 0.4) is 0 Å². The molecule has 0 saturated carbocycles. The number of azide groups is 1. The number of alkyl halides is 2. The molecule has 38 heavy (non-hydrogen) atoms. The summed E-state index contributed by atoms with van der Waals surface area (Å²) in [7, 11) is 0. The van der Waals surface area contributed by atoms with Gasteiger partial charge in [-0.3, -0.25) is 9.79 Å². The largest absolute Gasteiger partial charge is 0.465 e. The average molecular weight is 565 g/mol. The lowest BCUT2D eigenvalue weighted by Gasteiger charge is -2.33. The molecule has 2 N–H and O–H groups in total. The summed E-state index contributed by atoms with van der Waals surface area (Å²) in [4.78, 5) is 28.7. The molecule has 4 rings (SSSR count). The molecule has 0 bridgehead atoms. The number of carbonyl (C=O) groups is 1. The smallest absolute Gasteiger partial charge is 0.331 e. The molecule has 0 aliphatic carbocycles. The van der Waals surface area contributed by atoms with Gasteiger partial charge in [0.05, 0.1) is 0 Å². The van der Waals surface area contributed by atoms with Crippen molar-refractivity contribution >= 4 is 41.0 Å². The zero-order valence-corrected chi connectivity index (χ0v) is 21.3. The standard InChI is InChI=1S/C23H20ClF3N8O2S/c1-12(36)37-11-23(33-34-29)7-17-18(13(8-28)9-31-22(26)27)19(15-3-2-14(25)6-16(15)24)32-20(35(17)10-23)21-30-4-5-38-21/h2-6,8-9,19,22H,7,10-11,28H2,1H3/t19-,23+/m0/s1. The van der Waals surface area contributed by atoms with Crippen LogP contribution in [0.4, 0.5) is 13.2 Å². The summed E-state index contributed by atoms with van der Waals surface area (Å²) in [6.45, 7) is -2.00. The Bertz CT molecular complexity index is 1410. The molecule has 1 fully saturated rings. The number of esters is 1. The van der Waals surface area contributed by atoms with Crippen LogP contribution >= 0.6 is 22.9 Å². The maximum absolute atomic E-state index is 13.9. The molecule has 2 aliphatic heterocycles. The molecule has 2 aliphatic rings. The van der Waals surface area contributed by atoms with Crippen LogP contribution in [-0.4, -0.2) is 53.1 Å². The zero-order valence-electron chi connectivity index (χ0n) is 19.8. The molecule has 1 aromatic heterocycles. The Labute approximate surface area is 223 Å². The highest BCUT2D eigenvalue weighted by Gasteiger charge is 2.48. The summed E-state index contributed by atoms with van der Waals surface area (Å²) in [6, 6.07) is 2.81. The molecule has 2 atom stereocenters. The Morgan fingerprint density at radius 1 is 1.50 bits per heavy atom. The van der Waals surface area contributed by atoms with E-state index in [4.69, 9.17) is 27.1 Å². The van der Waals surface area contributed by atoms with Crippen LogP contribution in [0.25, 0.3) is 10.4 Å². The first-order valence-corrected chi connectivity index (χ1v) is 12.3. The molecule has 0 amide bonds. The molecule has 198 valence electrons. The topological polar surface area (TPSA) is 142 Å². The van der Waals surface area contributed by atoms with Crippen LogP contribution in [0.1, 0.15) is 30.0 Å². The maximum atomic E-state index is 13.9. The first-order valence-electron chi connectivity index (χ1n) is 11.0. The minimum absolute atomic E-state index is 0.0270. The van der Waals surface area contributed by atoms with Crippen molar-refractivity contribution in [3.05, 3.63) is 84.7 Å². The molecule has 0 radical (unpaired) electrons. The van der Waals surface area contributed by atoms with E-state index in [1.54, 1.807) is 16.5 Å². The van der Waals surface area contributed by atoms with Gasteiger partial charge in [-0.15, -0.1) is 11.3 Å². The van der Waals surface area contributed by atoms with Gasteiger partial charge in [-0.05, 0) is 23.2 Å². The number of benzene rings is 1. The highest BCUT2D eigenvalue weighted by Crippen LogP contribution is 2.47. The number of rotatable bonds is 8. The molecule has 10 nitrogen and oxygen atoms in total. The predicted molar refractivity (Wildman–Crippen MR) is 136 cm³/mol. The first kappa shape index (κ1) is 27.2. The van der Waals surface area contributed by atoms with Gasteiger partial charge in [-0.1, -0.05) is 22.8 Å². The Kier molecular flexibility index (Phi) is 8.05. The number of thiazole rings is 1. The van der Waals surface area contributed by atoms with Crippen molar-refractivity contribution in [1.29, 1.82) is 0 Å². The lowest BCUT2D eigenvalue weighted by atomic mass is 9.88. The molecular weight excluding hydrogens is 545 g/mol. The van der Waals surface area contributed by atoms with Gasteiger partial charge < -0.3 is 15.4 Å². The van der Waals surface area contributed by atoms with E-state index >= 15 is 0 Å². The van der Waals surface area contributed by atoms with Crippen molar-refractivity contribution < 1.29 is 22.7 Å². The fourth-order valence-corrected chi connectivity index (χ4v) is 5.26. The molecular formula is C23H20ClF3N8O2S. The van der Waals surface area contributed by atoms with Crippen LogP contribution in [0, 0.1) is 5.82 Å². The Morgan fingerprint density at radius 3 is 2.89 bits per heavy atom. The SMILES string of the molecule is CC(=O)OC[C@@]1(N=[N+]=[N-])CC2=C(C(C=NC(F)F)=CN)[C@H](c3ccc(F)cc3Cl)N=C(c3nccs3)N2C1. The number of nitrogens with two attached hydrogens (primary N) is 1. The third kappa shape index (κ3) is 5.52. The predicted octanol–water partition coefficient (Wildman–Crippen LogP) is 5.15. The summed E-state index contributed by atoms with van der Waals surface area (Å²) >= 11 is 7.71. The van der Waals surface area contributed by atoms with E-state index in [-0.39, 0.29) is 30.2 Å². The number of halogens is 4. The Hall–Kier alpha value is -3.87. The molecule has 15 heteroatoms. The number of aromatic nitrogens is 1. The number of hydrogen-bond donors (Lipinski definition) is 1. The summed E-state index contributed by atoms with van der Waals surface area (Å²) < 4.78 is 45.2. The zero-order chi connectivity index (χ0) is 27.4. The fraction of sp³-hybridized carbons (Fsp3) is 0.304. The Morgan fingerprint density at radius 2 is 2.29 bits per heavy atom. The minimum atomic E-state index is -3.01. The van der Waals surface area contributed by atoms with Crippen molar-refractivity contribution in [2.45, 2.75) is 31.5 Å². The number of carbonyl (C=O) groups excluding carboxylic acids is 1. The Balaban J connectivity index is 1.99. The molecule has 0 spiro atoms. The van der Waals surface area contributed by atoms with Crippen LogP contribution in [0.15, 0.2) is 67.9 Å². The number of ether oxygens (including phenoxy) is 1. The van der Waals surface area contributed by atoms with Crippen LogP contribution in [0.5, 0.6) is 0 Å². The van der Waals surface area contributed by atoms with Crippen LogP contribution < -0.4 is 5.73 Å². The lowest BCUT2D eigenvalue weighted by Crippen LogP contribution is -2.39. The second-order valence-corrected chi connectivity index (χ2v) is 9.66. The second-order valence-electron chi connectivity index (χ2n) is 8.35. The van der Waals surface area contributed by atoms with E-state index in [2.05, 4.69) is 20.0 Å². The minimum Gasteiger partial charge on any atom is -0.465 e. The number of amidine groups is 1. The van der Waals surface area contributed by atoms with Gasteiger partial charge in [0.25, 0.3) is 0 Å². The van der Waals surface area contributed by atoms with E-state index < -0.39 is 29.9 Å². The maximum Gasteiger partial charge on any atom is 0.331 e. The quantitative estimate of drug-likeness (QED) is 0.118. The summed E-state index contributed by atoms with van der Waals surface area (Å²) in [5.41, 5.74) is 15.3. The molecule has 1 saturated heterocycles. The highest BCUT2D eigenvalue weighted by atomic mass is 35.5. The molecule has 2 aromatic rings. The van der Waals surface area contributed by atoms with Gasteiger partial charge in [0.2, 0.25) is 0 Å². The number of hydrogen-bond acceptors (Lipinski definition) is 9. The van der Waals surface area contributed by atoms with Crippen molar-refractivity contribution in [2.75, 3.05) is 13.2 Å². The fourth-order valence-electron chi connectivity index (χ4n) is 4.35. The van der Waals surface area contributed by atoms with E-state index in [0.717, 1.165) is 18.5 Å². The first-order chi connectivity index (χ1) is 18.2. The van der Waals surface area contributed by atoms with E-state index in [9.17, 15) is 23.5 Å². The van der Waals surface area contributed by atoms with E-state index in [1.807, 2.05) is 0 Å².